The topological polar surface area (TPSA) is 21.7 Å². The minimum Gasteiger partial charge on any atom is -0.454 e. The molecule has 1 aliphatic heterocycles. The molecule has 0 fully saturated rings. The predicted molar refractivity (Wildman–Crippen MR) is 82.5 cm³/mol. The van der Waals surface area contributed by atoms with Crippen LogP contribution in [0.25, 0.3) is 0 Å². The van der Waals surface area contributed by atoms with Crippen LogP contribution in [-0.2, 0) is 6.42 Å². The van der Waals surface area contributed by atoms with E-state index >= 15 is 0 Å². The lowest BCUT2D eigenvalue weighted by atomic mass is 10.1. The molecule has 3 nitrogen and oxygen atoms in total. The molecule has 2 rings (SSSR count). The Morgan fingerprint density at radius 1 is 0.950 bits per heavy atom. The zero-order valence-electron chi connectivity index (χ0n) is 12.9. The monoisotopic (exact) mass is 277 g/mol. The summed E-state index contributed by atoms with van der Waals surface area (Å²) < 4.78 is 10.8. The Morgan fingerprint density at radius 3 is 2.35 bits per heavy atom. The van der Waals surface area contributed by atoms with E-state index in [2.05, 4.69) is 30.9 Å². The van der Waals surface area contributed by atoms with Crippen molar-refractivity contribution in [2.24, 2.45) is 0 Å². The van der Waals surface area contributed by atoms with Gasteiger partial charge in [-0.3, -0.25) is 0 Å². The van der Waals surface area contributed by atoms with Gasteiger partial charge in [-0.05, 0) is 50.0 Å². The normalized spacial score (nSPS) is 13.2. The van der Waals surface area contributed by atoms with Crippen molar-refractivity contribution >= 4 is 0 Å². The second-order valence-corrected chi connectivity index (χ2v) is 5.49. The van der Waals surface area contributed by atoms with Gasteiger partial charge >= 0.3 is 0 Å². The van der Waals surface area contributed by atoms with Gasteiger partial charge in [0.05, 0.1) is 0 Å². The van der Waals surface area contributed by atoms with Gasteiger partial charge in [0.15, 0.2) is 11.5 Å². The number of hydrogen-bond donors (Lipinski definition) is 0. The van der Waals surface area contributed by atoms with Gasteiger partial charge in [0.1, 0.15) is 0 Å². The van der Waals surface area contributed by atoms with E-state index in [0.717, 1.165) is 24.5 Å². The molecule has 112 valence electrons. The molecule has 0 atom stereocenters. The van der Waals surface area contributed by atoms with Gasteiger partial charge in [-0.1, -0.05) is 32.8 Å². The molecule has 0 radical (unpaired) electrons. The zero-order chi connectivity index (χ0) is 14.2. The number of ether oxygens (including phenoxy) is 2. The largest absolute Gasteiger partial charge is 0.454 e. The molecule has 0 aromatic heterocycles. The maximum absolute atomic E-state index is 5.44. The molecule has 20 heavy (non-hydrogen) atoms. The molecule has 0 aliphatic carbocycles. The lowest BCUT2D eigenvalue weighted by Gasteiger charge is -2.22. The average molecular weight is 277 g/mol. The quantitative estimate of drug-likeness (QED) is 0.684. The van der Waals surface area contributed by atoms with Crippen molar-refractivity contribution in [1.82, 2.24) is 4.90 Å². The van der Waals surface area contributed by atoms with Crippen molar-refractivity contribution in [3.05, 3.63) is 23.8 Å². The highest BCUT2D eigenvalue weighted by atomic mass is 16.7. The van der Waals surface area contributed by atoms with Crippen LogP contribution in [0.3, 0.4) is 0 Å². The Labute approximate surface area is 122 Å². The Kier molecular flexibility index (Phi) is 6.19. The standard InChI is InChI=1S/C17H27NO2/c1-3-5-10-18(11-6-4-2)12-9-15-7-8-16-17(13-15)20-14-19-16/h7-8,13H,3-6,9-12,14H2,1-2H3. The van der Waals surface area contributed by atoms with Crippen molar-refractivity contribution in [2.45, 2.75) is 46.0 Å². The smallest absolute Gasteiger partial charge is 0.231 e. The van der Waals surface area contributed by atoms with Gasteiger partial charge < -0.3 is 14.4 Å². The number of benzene rings is 1. The van der Waals surface area contributed by atoms with E-state index in [1.807, 2.05) is 6.07 Å². The van der Waals surface area contributed by atoms with Crippen LogP contribution in [0.5, 0.6) is 11.5 Å². The van der Waals surface area contributed by atoms with Gasteiger partial charge in [-0.25, -0.2) is 0 Å². The van der Waals surface area contributed by atoms with Crippen molar-refractivity contribution in [2.75, 3.05) is 26.4 Å². The average Bonchev–Trinajstić information content (AvgIpc) is 2.94. The zero-order valence-corrected chi connectivity index (χ0v) is 12.9. The van der Waals surface area contributed by atoms with E-state index in [9.17, 15) is 0 Å². The Bertz CT molecular complexity index is 398. The molecule has 1 heterocycles. The summed E-state index contributed by atoms with van der Waals surface area (Å²) in [5, 5.41) is 0. The Hall–Kier alpha value is -1.22. The van der Waals surface area contributed by atoms with Crippen molar-refractivity contribution < 1.29 is 9.47 Å². The van der Waals surface area contributed by atoms with Crippen LogP contribution >= 0.6 is 0 Å². The van der Waals surface area contributed by atoms with E-state index in [1.165, 1.54) is 44.3 Å². The minimum atomic E-state index is 0.359. The lowest BCUT2D eigenvalue weighted by molar-refractivity contribution is 0.174. The van der Waals surface area contributed by atoms with Crippen LogP contribution in [0.15, 0.2) is 18.2 Å². The first-order valence-corrected chi connectivity index (χ1v) is 7.94. The van der Waals surface area contributed by atoms with Gasteiger partial charge in [-0.2, -0.15) is 0 Å². The van der Waals surface area contributed by atoms with E-state index in [4.69, 9.17) is 9.47 Å². The molecular formula is C17H27NO2. The SMILES string of the molecule is CCCCN(CCCC)CCc1ccc2c(c1)OCO2. The molecule has 0 amide bonds. The molecule has 1 aliphatic rings. The number of hydrogen-bond acceptors (Lipinski definition) is 3. The summed E-state index contributed by atoms with van der Waals surface area (Å²) in [4.78, 5) is 2.59. The Balaban J connectivity index is 1.84. The third-order valence-electron chi connectivity index (χ3n) is 3.81. The van der Waals surface area contributed by atoms with E-state index in [1.54, 1.807) is 0 Å². The molecule has 3 heteroatoms. The summed E-state index contributed by atoms with van der Waals surface area (Å²) in [6.45, 7) is 8.46. The molecule has 0 spiro atoms. The maximum atomic E-state index is 5.44. The van der Waals surface area contributed by atoms with Crippen LogP contribution < -0.4 is 9.47 Å². The van der Waals surface area contributed by atoms with Crippen LogP contribution in [-0.4, -0.2) is 31.3 Å². The highest BCUT2D eigenvalue weighted by Crippen LogP contribution is 2.32. The first kappa shape index (κ1) is 15.2. The summed E-state index contributed by atoms with van der Waals surface area (Å²) in [5.41, 5.74) is 1.34. The molecular weight excluding hydrogens is 250 g/mol. The van der Waals surface area contributed by atoms with Crippen LogP contribution in [0.1, 0.15) is 45.1 Å². The number of rotatable bonds is 9. The number of nitrogens with zero attached hydrogens (tertiary/aromatic N) is 1. The highest BCUT2D eigenvalue weighted by Gasteiger charge is 2.13. The summed E-state index contributed by atoms with van der Waals surface area (Å²) in [6.07, 6.45) is 6.22. The second-order valence-electron chi connectivity index (χ2n) is 5.49. The maximum Gasteiger partial charge on any atom is 0.231 e. The summed E-state index contributed by atoms with van der Waals surface area (Å²) in [7, 11) is 0. The summed E-state index contributed by atoms with van der Waals surface area (Å²) >= 11 is 0. The Morgan fingerprint density at radius 2 is 1.65 bits per heavy atom. The summed E-state index contributed by atoms with van der Waals surface area (Å²) in [5.74, 6) is 1.78. The molecule has 0 saturated heterocycles. The third kappa shape index (κ3) is 4.41. The van der Waals surface area contributed by atoms with Gasteiger partial charge in [0.25, 0.3) is 0 Å². The van der Waals surface area contributed by atoms with Crippen LogP contribution in [0.2, 0.25) is 0 Å². The highest BCUT2D eigenvalue weighted by molar-refractivity contribution is 5.44. The molecule has 0 saturated carbocycles. The fourth-order valence-corrected chi connectivity index (χ4v) is 2.48. The molecule has 1 aromatic carbocycles. The van der Waals surface area contributed by atoms with Gasteiger partial charge in [0.2, 0.25) is 6.79 Å². The van der Waals surface area contributed by atoms with Gasteiger partial charge in [0, 0.05) is 6.54 Å². The first-order valence-electron chi connectivity index (χ1n) is 7.94. The molecule has 0 N–H and O–H groups in total. The van der Waals surface area contributed by atoms with E-state index < -0.39 is 0 Å². The predicted octanol–water partition coefficient (Wildman–Crippen LogP) is 3.86. The minimum absolute atomic E-state index is 0.359. The van der Waals surface area contributed by atoms with Crippen LogP contribution in [0.4, 0.5) is 0 Å². The second kappa shape index (κ2) is 8.15. The fraction of sp³-hybridized carbons (Fsp3) is 0.647. The summed E-state index contributed by atoms with van der Waals surface area (Å²) in [6, 6.07) is 6.31. The van der Waals surface area contributed by atoms with E-state index in [0.29, 0.717) is 6.79 Å². The van der Waals surface area contributed by atoms with Crippen molar-refractivity contribution in [3.63, 3.8) is 0 Å². The third-order valence-corrected chi connectivity index (χ3v) is 3.81. The van der Waals surface area contributed by atoms with Crippen LogP contribution in [0, 0.1) is 0 Å². The van der Waals surface area contributed by atoms with Gasteiger partial charge in [-0.15, -0.1) is 0 Å². The first-order chi connectivity index (χ1) is 9.83. The molecule has 0 bridgehead atoms. The lowest BCUT2D eigenvalue weighted by Crippen LogP contribution is -2.28. The van der Waals surface area contributed by atoms with Crippen molar-refractivity contribution in [1.29, 1.82) is 0 Å². The number of fused-ring (bicyclic) bond motifs is 1. The molecule has 1 aromatic rings. The fourth-order valence-electron chi connectivity index (χ4n) is 2.48. The number of unbranched alkanes of at least 4 members (excludes halogenated alkanes) is 2. The molecule has 0 unspecified atom stereocenters. The van der Waals surface area contributed by atoms with E-state index in [-0.39, 0.29) is 0 Å². The van der Waals surface area contributed by atoms with Crippen molar-refractivity contribution in [3.8, 4) is 11.5 Å².